The van der Waals surface area contributed by atoms with Crippen LogP contribution in [0, 0.1) is 0 Å². The molecule has 0 aromatic carbocycles. The predicted octanol–water partition coefficient (Wildman–Crippen LogP) is 1.84. The Morgan fingerprint density at radius 1 is 1.44 bits per heavy atom. The number of anilines is 1. The normalized spacial score (nSPS) is 10.4. The summed E-state index contributed by atoms with van der Waals surface area (Å²) in [5, 5.41) is 0. The van der Waals surface area contributed by atoms with Gasteiger partial charge in [0.2, 0.25) is 0 Å². The SMILES string of the molecule is CCCc1cc(NN)nc(-c2cncs2)n1. The molecule has 0 aliphatic carbocycles. The lowest BCUT2D eigenvalue weighted by molar-refractivity contribution is 0.876. The van der Waals surface area contributed by atoms with E-state index in [2.05, 4.69) is 27.3 Å². The zero-order chi connectivity index (χ0) is 11.4. The van der Waals surface area contributed by atoms with Crippen LogP contribution >= 0.6 is 11.3 Å². The summed E-state index contributed by atoms with van der Waals surface area (Å²) < 4.78 is 0. The number of aromatic nitrogens is 3. The number of thiazole rings is 1. The summed E-state index contributed by atoms with van der Waals surface area (Å²) >= 11 is 1.52. The van der Waals surface area contributed by atoms with Gasteiger partial charge in [-0.25, -0.2) is 15.8 Å². The van der Waals surface area contributed by atoms with Gasteiger partial charge in [0.05, 0.1) is 10.4 Å². The van der Waals surface area contributed by atoms with Gasteiger partial charge in [-0.2, -0.15) is 0 Å². The highest BCUT2D eigenvalue weighted by Gasteiger charge is 2.07. The standard InChI is InChI=1S/C10H13N5S/c1-2-3-7-4-9(15-11)14-10(13-7)8-5-12-6-16-8/h4-6H,2-3,11H2,1H3,(H,13,14,15). The number of aryl methyl sites for hydroxylation is 1. The Balaban J connectivity index is 2.41. The average Bonchev–Trinajstić information content (AvgIpc) is 2.82. The molecule has 0 aliphatic rings. The molecule has 2 rings (SSSR count). The van der Waals surface area contributed by atoms with Crippen LogP contribution in [0.4, 0.5) is 5.82 Å². The van der Waals surface area contributed by atoms with Gasteiger partial charge in [-0.3, -0.25) is 4.98 Å². The molecular weight excluding hydrogens is 222 g/mol. The number of rotatable bonds is 4. The van der Waals surface area contributed by atoms with Crippen LogP contribution < -0.4 is 11.3 Å². The molecular formula is C10H13N5S. The third-order valence-corrected chi connectivity index (χ3v) is 2.85. The van der Waals surface area contributed by atoms with E-state index in [-0.39, 0.29) is 0 Å². The van der Waals surface area contributed by atoms with Crippen molar-refractivity contribution in [2.24, 2.45) is 5.84 Å². The monoisotopic (exact) mass is 235 g/mol. The summed E-state index contributed by atoms with van der Waals surface area (Å²) in [5.41, 5.74) is 5.32. The van der Waals surface area contributed by atoms with Gasteiger partial charge in [0.1, 0.15) is 5.82 Å². The van der Waals surface area contributed by atoms with Gasteiger partial charge >= 0.3 is 0 Å². The molecule has 2 aromatic rings. The summed E-state index contributed by atoms with van der Waals surface area (Å²) in [7, 11) is 0. The molecule has 5 nitrogen and oxygen atoms in total. The second-order valence-corrected chi connectivity index (χ2v) is 4.21. The smallest absolute Gasteiger partial charge is 0.173 e. The fourth-order valence-electron chi connectivity index (χ4n) is 1.39. The summed E-state index contributed by atoms with van der Waals surface area (Å²) in [6.45, 7) is 2.12. The first-order valence-corrected chi connectivity index (χ1v) is 5.95. The number of hydrogen-bond acceptors (Lipinski definition) is 6. The summed E-state index contributed by atoms with van der Waals surface area (Å²) in [6.07, 6.45) is 3.72. The molecule has 6 heteroatoms. The van der Waals surface area contributed by atoms with Gasteiger partial charge in [-0.1, -0.05) is 13.3 Å². The van der Waals surface area contributed by atoms with Gasteiger partial charge in [-0.05, 0) is 6.42 Å². The summed E-state index contributed by atoms with van der Waals surface area (Å²) in [5.74, 6) is 6.71. The van der Waals surface area contributed by atoms with Gasteiger partial charge in [0, 0.05) is 18.0 Å². The molecule has 3 N–H and O–H groups in total. The molecule has 0 amide bonds. The highest BCUT2D eigenvalue weighted by molar-refractivity contribution is 7.13. The molecule has 0 bridgehead atoms. The molecule has 0 saturated heterocycles. The van der Waals surface area contributed by atoms with Crippen LogP contribution in [-0.2, 0) is 6.42 Å². The van der Waals surface area contributed by atoms with Crippen molar-refractivity contribution in [3.63, 3.8) is 0 Å². The molecule has 2 heterocycles. The van der Waals surface area contributed by atoms with Crippen molar-refractivity contribution < 1.29 is 0 Å². The number of nitrogens with two attached hydrogens (primary N) is 1. The minimum atomic E-state index is 0.641. The predicted molar refractivity (Wildman–Crippen MR) is 64.9 cm³/mol. The lowest BCUT2D eigenvalue weighted by Crippen LogP contribution is -2.10. The van der Waals surface area contributed by atoms with Crippen molar-refractivity contribution in [2.45, 2.75) is 19.8 Å². The number of nitrogens with one attached hydrogen (secondary N) is 1. The molecule has 0 unspecified atom stereocenters. The Hall–Kier alpha value is -1.53. The first-order valence-electron chi connectivity index (χ1n) is 5.07. The molecule has 2 aromatic heterocycles. The molecule has 84 valence electrons. The molecule has 0 radical (unpaired) electrons. The maximum absolute atomic E-state index is 5.38. The molecule has 16 heavy (non-hydrogen) atoms. The van der Waals surface area contributed by atoms with Crippen molar-refractivity contribution in [1.82, 2.24) is 15.0 Å². The quantitative estimate of drug-likeness (QED) is 0.624. The Morgan fingerprint density at radius 2 is 2.31 bits per heavy atom. The van der Waals surface area contributed by atoms with Crippen molar-refractivity contribution >= 4 is 17.2 Å². The van der Waals surface area contributed by atoms with Crippen LogP contribution in [0.1, 0.15) is 19.0 Å². The highest BCUT2D eigenvalue weighted by Crippen LogP contribution is 2.21. The van der Waals surface area contributed by atoms with Crippen molar-refractivity contribution in [3.05, 3.63) is 23.5 Å². The van der Waals surface area contributed by atoms with E-state index in [1.807, 2.05) is 6.07 Å². The third-order valence-electron chi connectivity index (χ3n) is 2.09. The number of hydrazine groups is 1. The second-order valence-electron chi connectivity index (χ2n) is 3.33. The number of hydrogen-bond donors (Lipinski definition) is 2. The van der Waals surface area contributed by atoms with Gasteiger partial charge in [-0.15, -0.1) is 11.3 Å². The van der Waals surface area contributed by atoms with E-state index in [1.165, 1.54) is 11.3 Å². The van der Waals surface area contributed by atoms with Crippen LogP contribution in [0.25, 0.3) is 10.7 Å². The second kappa shape index (κ2) is 5.00. The number of nitrogens with zero attached hydrogens (tertiary/aromatic N) is 3. The number of nitrogen functional groups attached to an aromatic ring is 1. The zero-order valence-corrected chi connectivity index (χ0v) is 9.79. The fourth-order valence-corrected chi connectivity index (χ4v) is 1.95. The first-order chi connectivity index (χ1) is 7.83. The molecule has 0 saturated carbocycles. The Morgan fingerprint density at radius 3 is 2.94 bits per heavy atom. The van der Waals surface area contributed by atoms with Crippen LogP contribution in [0.5, 0.6) is 0 Å². The molecule has 0 atom stereocenters. The molecule has 0 fully saturated rings. The van der Waals surface area contributed by atoms with Crippen LogP contribution in [0.2, 0.25) is 0 Å². The van der Waals surface area contributed by atoms with E-state index in [9.17, 15) is 0 Å². The fraction of sp³-hybridized carbons (Fsp3) is 0.300. The Bertz CT molecular complexity index is 454. The van der Waals surface area contributed by atoms with E-state index in [4.69, 9.17) is 5.84 Å². The molecule has 0 spiro atoms. The van der Waals surface area contributed by atoms with Crippen LogP contribution in [-0.4, -0.2) is 15.0 Å². The van der Waals surface area contributed by atoms with Crippen molar-refractivity contribution in [1.29, 1.82) is 0 Å². The topological polar surface area (TPSA) is 76.7 Å². The van der Waals surface area contributed by atoms with Gasteiger partial charge in [0.15, 0.2) is 5.82 Å². The largest absolute Gasteiger partial charge is 0.308 e. The van der Waals surface area contributed by atoms with Crippen molar-refractivity contribution in [2.75, 3.05) is 5.43 Å². The Labute approximate surface area is 97.7 Å². The van der Waals surface area contributed by atoms with Gasteiger partial charge < -0.3 is 5.43 Å². The lowest BCUT2D eigenvalue weighted by Gasteiger charge is -2.05. The average molecular weight is 235 g/mol. The van der Waals surface area contributed by atoms with Gasteiger partial charge in [0.25, 0.3) is 0 Å². The summed E-state index contributed by atoms with van der Waals surface area (Å²) in [4.78, 5) is 13.7. The van der Waals surface area contributed by atoms with Crippen LogP contribution in [0.15, 0.2) is 17.8 Å². The highest BCUT2D eigenvalue weighted by atomic mass is 32.1. The summed E-state index contributed by atoms with van der Waals surface area (Å²) in [6, 6.07) is 1.87. The van der Waals surface area contributed by atoms with Crippen LogP contribution in [0.3, 0.4) is 0 Å². The Kier molecular flexibility index (Phi) is 3.43. The maximum Gasteiger partial charge on any atom is 0.173 e. The third kappa shape index (κ3) is 2.34. The maximum atomic E-state index is 5.38. The minimum absolute atomic E-state index is 0.641. The van der Waals surface area contributed by atoms with Crippen molar-refractivity contribution in [3.8, 4) is 10.7 Å². The zero-order valence-electron chi connectivity index (χ0n) is 8.97. The first kappa shape index (κ1) is 11.0. The van der Waals surface area contributed by atoms with E-state index in [1.54, 1.807) is 11.7 Å². The van der Waals surface area contributed by atoms with E-state index in [0.717, 1.165) is 23.4 Å². The molecule has 0 aliphatic heterocycles. The van der Waals surface area contributed by atoms with E-state index in [0.29, 0.717) is 11.6 Å². The van der Waals surface area contributed by atoms with E-state index >= 15 is 0 Å². The van der Waals surface area contributed by atoms with E-state index < -0.39 is 0 Å². The lowest BCUT2D eigenvalue weighted by atomic mass is 10.2. The minimum Gasteiger partial charge on any atom is -0.308 e.